The van der Waals surface area contributed by atoms with Gasteiger partial charge in [-0.2, -0.15) is 17.4 Å². The van der Waals surface area contributed by atoms with E-state index in [0.29, 0.717) is 25.7 Å². The maximum Gasteiger partial charge on any atom is 0.308 e. The van der Waals surface area contributed by atoms with Gasteiger partial charge in [-0.1, -0.05) is 0 Å². The molecular formula is C10H20N2O4S. The van der Waals surface area contributed by atoms with Gasteiger partial charge in [-0.25, -0.2) is 0 Å². The molecule has 0 unspecified atom stereocenters. The molecule has 17 heavy (non-hydrogen) atoms. The van der Waals surface area contributed by atoms with Crippen LogP contribution in [0, 0.1) is 5.92 Å². The van der Waals surface area contributed by atoms with Gasteiger partial charge in [-0.3, -0.25) is 4.79 Å². The quantitative estimate of drug-likeness (QED) is 0.731. The van der Waals surface area contributed by atoms with Crippen molar-refractivity contribution in [3.8, 4) is 0 Å². The lowest BCUT2D eigenvalue weighted by atomic mass is 9.86. The highest BCUT2D eigenvalue weighted by Crippen LogP contribution is 2.25. The number of carbonyl (C=O) groups is 1. The maximum atomic E-state index is 11.6. The van der Waals surface area contributed by atoms with E-state index in [4.69, 9.17) is 0 Å². The number of nitrogens with zero attached hydrogens (tertiary/aromatic N) is 1. The molecule has 1 aliphatic carbocycles. The topological polar surface area (TPSA) is 75.7 Å². The van der Waals surface area contributed by atoms with Crippen molar-refractivity contribution in [1.29, 1.82) is 0 Å². The Hall–Kier alpha value is -0.660. The summed E-state index contributed by atoms with van der Waals surface area (Å²) < 4.78 is 31.6. The van der Waals surface area contributed by atoms with Gasteiger partial charge in [0.15, 0.2) is 0 Å². The van der Waals surface area contributed by atoms with Gasteiger partial charge < -0.3 is 4.74 Å². The van der Waals surface area contributed by atoms with Gasteiger partial charge in [0.25, 0.3) is 10.2 Å². The summed E-state index contributed by atoms with van der Waals surface area (Å²) in [5, 5.41) is 0. The molecule has 0 aromatic carbocycles. The summed E-state index contributed by atoms with van der Waals surface area (Å²) in [6.45, 7) is 0. The van der Waals surface area contributed by atoms with Gasteiger partial charge in [0.2, 0.25) is 0 Å². The third kappa shape index (κ3) is 3.93. The smallest absolute Gasteiger partial charge is 0.308 e. The van der Waals surface area contributed by atoms with Crippen LogP contribution in [0.25, 0.3) is 0 Å². The van der Waals surface area contributed by atoms with Gasteiger partial charge in [0.1, 0.15) is 0 Å². The summed E-state index contributed by atoms with van der Waals surface area (Å²) in [5.41, 5.74) is 0. The van der Waals surface area contributed by atoms with Crippen molar-refractivity contribution in [2.45, 2.75) is 31.7 Å². The Kier molecular flexibility index (Phi) is 4.91. The second-order valence-corrected chi connectivity index (χ2v) is 6.39. The average molecular weight is 264 g/mol. The zero-order valence-corrected chi connectivity index (χ0v) is 11.3. The minimum absolute atomic E-state index is 0.0803. The minimum Gasteiger partial charge on any atom is -0.469 e. The van der Waals surface area contributed by atoms with Crippen molar-refractivity contribution in [1.82, 2.24) is 9.03 Å². The van der Waals surface area contributed by atoms with Crippen LogP contribution in [0.15, 0.2) is 0 Å². The summed E-state index contributed by atoms with van der Waals surface area (Å²) >= 11 is 0. The monoisotopic (exact) mass is 264 g/mol. The SMILES string of the molecule is COC(=O)C1CCC(NS(=O)(=O)N(C)C)CC1. The van der Waals surface area contributed by atoms with Crippen LogP contribution >= 0.6 is 0 Å². The van der Waals surface area contributed by atoms with Crippen LogP contribution in [0.1, 0.15) is 25.7 Å². The number of hydrogen-bond acceptors (Lipinski definition) is 4. The average Bonchev–Trinajstić information content (AvgIpc) is 2.28. The van der Waals surface area contributed by atoms with Crippen molar-refractivity contribution in [3.63, 3.8) is 0 Å². The Morgan fingerprint density at radius 3 is 2.18 bits per heavy atom. The molecule has 1 saturated carbocycles. The van der Waals surface area contributed by atoms with Crippen LogP contribution in [-0.2, 0) is 19.7 Å². The number of rotatable bonds is 4. The molecule has 100 valence electrons. The number of nitrogens with one attached hydrogen (secondary N) is 1. The lowest BCUT2D eigenvalue weighted by Gasteiger charge is -2.28. The van der Waals surface area contributed by atoms with Crippen LogP contribution in [0.2, 0.25) is 0 Å². The molecule has 1 fully saturated rings. The molecule has 0 aromatic rings. The normalized spacial score (nSPS) is 25.9. The Labute approximate surface area is 102 Å². The minimum atomic E-state index is -3.37. The van der Waals surface area contributed by atoms with Crippen LogP contribution in [0.3, 0.4) is 0 Å². The first-order valence-corrected chi connectivity index (χ1v) is 7.08. The van der Waals surface area contributed by atoms with Gasteiger partial charge >= 0.3 is 5.97 Å². The van der Waals surface area contributed by atoms with Crippen molar-refractivity contribution in [3.05, 3.63) is 0 Å². The largest absolute Gasteiger partial charge is 0.469 e. The Bertz CT molecular complexity index is 359. The van der Waals surface area contributed by atoms with E-state index in [2.05, 4.69) is 9.46 Å². The third-order valence-electron chi connectivity index (χ3n) is 3.06. The van der Waals surface area contributed by atoms with Gasteiger partial charge in [-0.05, 0) is 25.7 Å². The molecule has 0 amide bonds. The number of ether oxygens (including phenoxy) is 1. The van der Waals surface area contributed by atoms with E-state index in [1.807, 2.05) is 0 Å². The highest BCUT2D eigenvalue weighted by atomic mass is 32.2. The molecule has 1 N–H and O–H groups in total. The zero-order valence-electron chi connectivity index (χ0n) is 10.5. The molecule has 1 rings (SSSR count). The van der Waals surface area contributed by atoms with Crippen LogP contribution in [0.4, 0.5) is 0 Å². The van der Waals surface area contributed by atoms with Crippen LogP contribution < -0.4 is 4.72 Å². The standard InChI is InChI=1S/C10H20N2O4S/c1-12(2)17(14,15)11-9-6-4-8(5-7-9)10(13)16-3/h8-9,11H,4-7H2,1-3H3. The van der Waals surface area contributed by atoms with Crippen molar-refractivity contribution in [2.24, 2.45) is 5.92 Å². The van der Waals surface area contributed by atoms with Crippen LogP contribution in [-0.4, -0.2) is 45.9 Å². The lowest BCUT2D eigenvalue weighted by molar-refractivity contribution is -0.146. The van der Waals surface area contributed by atoms with E-state index in [9.17, 15) is 13.2 Å². The molecule has 0 saturated heterocycles. The highest BCUT2D eigenvalue weighted by molar-refractivity contribution is 7.87. The summed E-state index contributed by atoms with van der Waals surface area (Å²) in [4.78, 5) is 11.3. The highest BCUT2D eigenvalue weighted by Gasteiger charge is 2.29. The molecule has 0 radical (unpaired) electrons. The molecule has 1 aliphatic rings. The van der Waals surface area contributed by atoms with E-state index in [1.165, 1.54) is 21.2 Å². The van der Waals surface area contributed by atoms with E-state index in [1.54, 1.807) is 0 Å². The fourth-order valence-electron chi connectivity index (χ4n) is 1.93. The Morgan fingerprint density at radius 2 is 1.76 bits per heavy atom. The third-order valence-corrected chi connectivity index (χ3v) is 4.65. The predicted octanol–water partition coefficient (Wildman–Crippen LogP) is 0.114. The number of carbonyl (C=O) groups excluding carboxylic acids is 1. The number of hydrogen-bond donors (Lipinski definition) is 1. The number of esters is 1. The molecule has 0 aliphatic heterocycles. The predicted molar refractivity (Wildman–Crippen MR) is 63.5 cm³/mol. The summed E-state index contributed by atoms with van der Waals surface area (Å²) in [5.74, 6) is -0.279. The van der Waals surface area contributed by atoms with Crippen LogP contribution in [0.5, 0.6) is 0 Å². The van der Waals surface area contributed by atoms with E-state index < -0.39 is 10.2 Å². The van der Waals surface area contributed by atoms with Crippen molar-refractivity contribution >= 4 is 16.2 Å². The first-order valence-electron chi connectivity index (χ1n) is 5.64. The van der Waals surface area contributed by atoms with Gasteiger partial charge in [0, 0.05) is 20.1 Å². The first-order chi connectivity index (χ1) is 7.86. The van der Waals surface area contributed by atoms with Crippen molar-refractivity contribution < 1.29 is 17.9 Å². The van der Waals surface area contributed by atoms with E-state index in [0.717, 1.165) is 4.31 Å². The first kappa shape index (κ1) is 14.4. The molecule has 0 spiro atoms. The molecule has 7 heteroatoms. The summed E-state index contributed by atoms with van der Waals surface area (Å²) in [7, 11) is 0.981. The number of methoxy groups -OCH3 is 1. The second-order valence-electron chi connectivity index (χ2n) is 4.48. The van der Waals surface area contributed by atoms with Gasteiger partial charge in [-0.15, -0.1) is 0 Å². The zero-order chi connectivity index (χ0) is 13.1. The molecule has 6 nitrogen and oxygen atoms in total. The second kappa shape index (κ2) is 5.79. The molecule has 0 atom stereocenters. The van der Waals surface area contributed by atoms with E-state index in [-0.39, 0.29) is 17.9 Å². The molecule has 0 aromatic heterocycles. The fraction of sp³-hybridized carbons (Fsp3) is 0.900. The summed E-state index contributed by atoms with van der Waals surface area (Å²) in [6, 6.07) is -0.0803. The Balaban J connectivity index is 2.46. The summed E-state index contributed by atoms with van der Waals surface area (Å²) in [6.07, 6.45) is 2.69. The molecule has 0 heterocycles. The molecule has 0 bridgehead atoms. The lowest BCUT2D eigenvalue weighted by Crippen LogP contribution is -2.44. The van der Waals surface area contributed by atoms with Gasteiger partial charge in [0.05, 0.1) is 13.0 Å². The Morgan fingerprint density at radius 1 is 1.24 bits per heavy atom. The van der Waals surface area contributed by atoms with Crippen molar-refractivity contribution in [2.75, 3.05) is 21.2 Å². The maximum absolute atomic E-state index is 11.6. The fourth-order valence-corrected chi connectivity index (χ4v) is 2.80. The van der Waals surface area contributed by atoms with E-state index >= 15 is 0 Å². The molecular weight excluding hydrogens is 244 g/mol.